The first-order valence-corrected chi connectivity index (χ1v) is 20.2. The Morgan fingerprint density at radius 1 is 0.381 bits per heavy atom. The summed E-state index contributed by atoms with van der Waals surface area (Å²) in [5, 5.41) is 104. The van der Waals surface area contributed by atoms with Crippen molar-refractivity contribution < 1.29 is 108 Å². The summed E-state index contributed by atoms with van der Waals surface area (Å²) in [4.78, 5) is 34.9. The predicted molar refractivity (Wildman–Crippen MR) is 214 cm³/mol. The fourth-order valence-corrected chi connectivity index (χ4v) is 9.73. The normalized spacial score (nSPS) is 51.5. The molecule has 3 heterocycles. The minimum Gasteiger partial charge on any atom is -0.480 e. The lowest BCUT2D eigenvalue weighted by atomic mass is 9.58. The van der Waals surface area contributed by atoms with Gasteiger partial charge in [-0.05, 0) is 104 Å². The molecule has 0 aliphatic carbocycles. The maximum atomic E-state index is 13.2. The lowest BCUT2D eigenvalue weighted by Gasteiger charge is -2.73. The molecule has 0 aromatic rings. The van der Waals surface area contributed by atoms with Gasteiger partial charge in [-0.3, -0.25) is 0 Å². The van der Waals surface area contributed by atoms with E-state index in [9.17, 15) is 60.3 Å². The van der Waals surface area contributed by atoms with Crippen LogP contribution in [-0.4, -0.2) is 202 Å². The summed E-state index contributed by atoms with van der Waals surface area (Å²) in [5.41, 5.74) is -28.5. The van der Waals surface area contributed by atoms with Crippen LogP contribution in [0, 0.1) is 0 Å². The van der Waals surface area contributed by atoms with Gasteiger partial charge in [0, 0.05) is 14.2 Å². The van der Waals surface area contributed by atoms with Gasteiger partial charge in [0.15, 0.2) is 17.4 Å². The van der Waals surface area contributed by atoms with Crippen molar-refractivity contribution >= 4 is 17.9 Å². The van der Waals surface area contributed by atoms with Crippen LogP contribution in [0.5, 0.6) is 0 Å². The van der Waals surface area contributed by atoms with Crippen molar-refractivity contribution in [1.82, 2.24) is 0 Å². The van der Waals surface area contributed by atoms with E-state index < -0.39 is 142 Å². The largest absolute Gasteiger partial charge is 0.480 e. The molecule has 3 rings (SSSR count). The second-order valence-electron chi connectivity index (χ2n) is 19.6. The Bertz CT molecular complexity index is 1750. The quantitative estimate of drug-likeness (QED) is 0.0868. The number of aliphatic carboxylic acids is 3. The maximum Gasteiger partial charge on any atom is 0.329 e. The molecule has 3 aliphatic rings. The lowest BCUT2D eigenvalue weighted by Crippen LogP contribution is -2.91. The highest BCUT2D eigenvalue weighted by Gasteiger charge is 2.84. The van der Waals surface area contributed by atoms with Crippen molar-refractivity contribution in [2.45, 2.75) is 188 Å². The van der Waals surface area contributed by atoms with E-state index in [1.54, 1.807) is 0 Å². The third-order valence-electron chi connectivity index (χ3n) is 16.0. The summed E-state index contributed by atoms with van der Waals surface area (Å²) in [6, 6.07) is 0. The van der Waals surface area contributed by atoms with E-state index in [1.165, 1.54) is 90.4 Å². The van der Waals surface area contributed by atoms with Gasteiger partial charge in [-0.25, -0.2) is 14.4 Å². The SMILES string of the molecule is COC1(C)OC(C)(COCC(=O)O)C(C)(OC2(C)OC(C)(COCC(=O)O)C(C)(OC3(C)OC(C)(COCC(=O)O)C(C)(OC)C(C)(O)C3(C)O)C(C)(O)C2(C)O)C(C)(O)C1(C)O. The van der Waals surface area contributed by atoms with Crippen LogP contribution in [0.2, 0.25) is 0 Å². The van der Waals surface area contributed by atoms with E-state index in [-0.39, 0.29) is 0 Å². The van der Waals surface area contributed by atoms with Crippen molar-refractivity contribution in [1.29, 1.82) is 0 Å². The number of hydrogen-bond donors (Lipinski definition) is 9. The van der Waals surface area contributed by atoms with Crippen LogP contribution in [0.1, 0.15) is 104 Å². The fraction of sp³-hybridized carbons (Fsp3) is 0.927. The molecule has 15 unspecified atom stereocenters. The van der Waals surface area contributed by atoms with Crippen LogP contribution in [0.4, 0.5) is 0 Å². The highest BCUT2D eigenvalue weighted by atomic mass is 16.8. The Balaban J connectivity index is 2.40. The number of rotatable bonds is 18. The number of ether oxygens (including phenoxy) is 10. The van der Waals surface area contributed by atoms with Gasteiger partial charge in [0.05, 0.1) is 19.8 Å². The number of carboxylic acid groups (broad SMARTS) is 3. The van der Waals surface area contributed by atoms with Crippen molar-refractivity contribution in [3.63, 3.8) is 0 Å². The topological polar surface area (TPSA) is 326 Å². The monoisotopic (exact) mass is 916 g/mol. The molecule has 3 aliphatic heterocycles. The molecule has 15 atom stereocenters. The summed E-state index contributed by atoms with van der Waals surface area (Å²) >= 11 is 0. The average molecular weight is 917 g/mol. The zero-order chi connectivity index (χ0) is 49.5. The molecule has 0 radical (unpaired) electrons. The van der Waals surface area contributed by atoms with Gasteiger partial charge >= 0.3 is 17.9 Å². The summed E-state index contributed by atoms with van der Waals surface area (Å²) in [6.45, 7) is 13.9. The molecule has 22 nitrogen and oxygen atoms in total. The Kier molecular flexibility index (Phi) is 14.2. The second kappa shape index (κ2) is 16.2. The van der Waals surface area contributed by atoms with Gasteiger partial charge < -0.3 is 93.3 Å². The van der Waals surface area contributed by atoms with E-state index in [0.29, 0.717) is 0 Å². The molecule has 3 saturated heterocycles. The molecule has 368 valence electrons. The van der Waals surface area contributed by atoms with E-state index in [0.717, 1.165) is 27.7 Å². The molecule has 9 N–H and O–H groups in total. The Hall–Kier alpha value is -2.23. The van der Waals surface area contributed by atoms with Gasteiger partial charge in [0.1, 0.15) is 87.0 Å². The number of hydrogen-bond acceptors (Lipinski definition) is 19. The highest BCUT2D eigenvalue weighted by molar-refractivity contribution is 5.68. The number of methoxy groups -OCH3 is 2. The Morgan fingerprint density at radius 2 is 0.619 bits per heavy atom. The van der Waals surface area contributed by atoms with Gasteiger partial charge in [0.2, 0.25) is 0 Å². The average Bonchev–Trinajstić information content (AvgIpc) is 3.11. The summed E-state index contributed by atoms with van der Waals surface area (Å²) in [5.74, 6) is -11.4. The van der Waals surface area contributed by atoms with E-state index in [2.05, 4.69) is 0 Å². The van der Waals surface area contributed by atoms with Crippen molar-refractivity contribution in [2.24, 2.45) is 0 Å². The lowest BCUT2D eigenvalue weighted by molar-refractivity contribution is -0.540. The molecule has 22 heteroatoms. The smallest absolute Gasteiger partial charge is 0.329 e. The zero-order valence-corrected chi connectivity index (χ0v) is 39.6. The fourth-order valence-electron chi connectivity index (χ4n) is 9.73. The standard InChI is InChI=1S/C41H72O22/c1-27(21-56-18-24(42)43)36(10,54-16)30(4,48)34(8,52)40(14,60-27)63-38(12)29(3,23-58-20-26(46)47)61-41(15,35(9,53)32(38,6)50)62-37(11)28(2,22-57-19-25(44)45)59-39(13,55-17)33(7,51)31(37,5)49/h48-53H,18-23H2,1-17H3,(H,42,43)(H,44,45)(H,46,47). The molecular formula is C41H72O22. The summed E-state index contributed by atoms with van der Waals surface area (Å²) < 4.78 is 61.3. The third kappa shape index (κ3) is 7.53. The highest BCUT2D eigenvalue weighted by Crippen LogP contribution is 2.64. The molecule has 0 aromatic carbocycles. The number of carbonyl (C=O) groups is 3. The van der Waals surface area contributed by atoms with Crippen LogP contribution < -0.4 is 0 Å². The van der Waals surface area contributed by atoms with E-state index in [4.69, 9.17) is 47.4 Å². The third-order valence-corrected chi connectivity index (χ3v) is 16.0. The van der Waals surface area contributed by atoms with E-state index >= 15 is 0 Å². The minimum absolute atomic E-state index is 0.581. The maximum absolute atomic E-state index is 13.2. The molecular weight excluding hydrogens is 844 g/mol. The van der Waals surface area contributed by atoms with E-state index in [1.807, 2.05) is 0 Å². The first-order chi connectivity index (χ1) is 27.9. The van der Waals surface area contributed by atoms with Crippen LogP contribution in [0.15, 0.2) is 0 Å². The minimum atomic E-state index is -2.80. The molecule has 0 spiro atoms. The van der Waals surface area contributed by atoms with Crippen LogP contribution in [0.3, 0.4) is 0 Å². The first kappa shape index (κ1) is 55.1. The molecule has 63 heavy (non-hydrogen) atoms. The van der Waals surface area contributed by atoms with Crippen molar-refractivity contribution in [3.8, 4) is 0 Å². The molecule has 3 fully saturated rings. The van der Waals surface area contributed by atoms with Crippen molar-refractivity contribution in [2.75, 3.05) is 53.9 Å². The first-order valence-electron chi connectivity index (χ1n) is 20.2. The summed E-state index contributed by atoms with van der Waals surface area (Å²) in [7, 11) is 2.41. The van der Waals surface area contributed by atoms with Crippen LogP contribution in [-0.2, 0) is 61.8 Å². The van der Waals surface area contributed by atoms with Crippen LogP contribution in [0.25, 0.3) is 0 Å². The zero-order valence-electron chi connectivity index (χ0n) is 39.6. The Morgan fingerprint density at radius 3 is 0.873 bits per heavy atom. The predicted octanol–water partition coefficient (Wildman–Crippen LogP) is -0.0866. The Labute approximate surface area is 367 Å². The second-order valence-corrected chi connectivity index (χ2v) is 19.6. The van der Waals surface area contributed by atoms with Crippen molar-refractivity contribution in [3.05, 3.63) is 0 Å². The molecule has 0 aromatic heterocycles. The van der Waals surface area contributed by atoms with Gasteiger partial charge in [-0.1, -0.05) is 0 Å². The molecule has 0 amide bonds. The summed E-state index contributed by atoms with van der Waals surface area (Å²) in [6.07, 6.45) is 0. The van der Waals surface area contributed by atoms with Gasteiger partial charge in [-0.2, -0.15) is 0 Å². The molecule has 0 saturated carbocycles. The number of aliphatic hydroxyl groups is 6. The van der Waals surface area contributed by atoms with Gasteiger partial charge in [0.25, 0.3) is 0 Å². The molecule has 0 bridgehead atoms. The number of carboxylic acids is 3. The van der Waals surface area contributed by atoms with Crippen LogP contribution >= 0.6 is 0 Å². The van der Waals surface area contributed by atoms with Gasteiger partial charge in [-0.15, -0.1) is 0 Å².